The summed E-state index contributed by atoms with van der Waals surface area (Å²) in [6.45, 7) is 0.528. The first-order valence-electron chi connectivity index (χ1n) is 7.88. The van der Waals surface area contributed by atoms with Crippen LogP contribution < -0.4 is 15.8 Å². The van der Waals surface area contributed by atoms with Crippen molar-refractivity contribution >= 4 is 11.6 Å². The highest BCUT2D eigenvalue weighted by Gasteiger charge is 2.10. The number of benzene rings is 2. The molecule has 0 atom stereocenters. The molecular formula is C18H19F2N3O. The van der Waals surface area contributed by atoms with Crippen molar-refractivity contribution in [3.63, 3.8) is 0 Å². The summed E-state index contributed by atoms with van der Waals surface area (Å²) in [6, 6.07) is 9.61. The van der Waals surface area contributed by atoms with Crippen molar-refractivity contribution in [2.75, 3.05) is 18.5 Å². The summed E-state index contributed by atoms with van der Waals surface area (Å²) in [5.74, 6) is -1.28. The monoisotopic (exact) mass is 331 g/mol. The zero-order valence-corrected chi connectivity index (χ0v) is 13.2. The summed E-state index contributed by atoms with van der Waals surface area (Å²) < 4.78 is 31.2. The van der Waals surface area contributed by atoms with E-state index in [-0.39, 0.29) is 12.4 Å². The quantitative estimate of drug-likeness (QED) is 0.502. The number of hydrogen-bond acceptors (Lipinski definition) is 2. The first kappa shape index (κ1) is 16.2. The molecule has 0 aliphatic heterocycles. The number of hydrogen-bond donors (Lipinski definition) is 2. The number of nitrogens with one attached hydrogen (secondary N) is 1. The third-order valence-corrected chi connectivity index (χ3v) is 3.90. The minimum absolute atomic E-state index is 0.220. The Kier molecular flexibility index (Phi) is 4.93. The number of anilines is 1. The van der Waals surface area contributed by atoms with Gasteiger partial charge in [0.2, 0.25) is 0 Å². The van der Waals surface area contributed by atoms with Crippen molar-refractivity contribution < 1.29 is 13.5 Å². The molecule has 2 aromatic rings. The molecule has 0 saturated carbocycles. The van der Waals surface area contributed by atoms with Crippen LogP contribution in [-0.4, -0.2) is 19.1 Å². The summed E-state index contributed by atoms with van der Waals surface area (Å²) in [6.07, 6.45) is 3.44. The van der Waals surface area contributed by atoms with E-state index in [4.69, 9.17) is 10.5 Å². The van der Waals surface area contributed by atoms with E-state index in [0.29, 0.717) is 12.5 Å². The Balaban J connectivity index is 1.48. The molecule has 0 saturated heterocycles. The van der Waals surface area contributed by atoms with E-state index in [0.717, 1.165) is 30.7 Å². The van der Waals surface area contributed by atoms with Gasteiger partial charge < -0.3 is 15.8 Å². The van der Waals surface area contributed by atoms with Crippen LogP contribution in [0, 0.1) is 11.6 Å². The van der Waals surface area contributed by atoms with Gasteiger partial charge in [0.05, 0.1) is 6.54 Å². The average Bonchev–Trinajstić information content (AvgIpc) is 3.02. The van der Waals surface area contributed by atoms with Crippen LogP contribution in [0.15, 0.2) is 41.4 Å². The molecule has 0 spiro atoms. The normalized spacial score (nSPS) is 13.7. The van der Waals surface area contributed by atoms with Crippen molar-refractivity contribution in [1.29, 1.82) is 0 Å². The van der Waals surface area contributed by atoms with Crippen LogP contribution in [0.4, 0.5) is 14.5 Å². The van der Waals surface area contributed by atoms with Gasteiger partial charge in [-0.15, -0.1) is 0 Å². The van der Waals surface area contributed by atoms with Crippen molar-refractivity contribution in [3.05, 3.63) is 59.2 Å². The fraction of sp³-hybridized carbons (Fsp3) is 0.278. The first-order valence-corrected chi connectivity index (χ1v) is 7.88. The Hall–Kier alpha value is -2.63. The van der Waals surface area contributed by atoms with E-state index in [9.17, 15) is 8.78 Å². The number of nitrogens with two attached hydrogens (primary N) is 1. The van der Waals surface area contributed by atoms with E-state index in [1.54, 1.807) is 0 Å². The zero-order chi connectivity index (χ0) is 16.9. The number of aliphatic imine (C=N–C) groups is 1. The molecule has 3 rings (SSSR count). The van der Waals surface area contributed by atoms with Crippen molar-refractivity contribution in [2.45, 2.75) is 19.3 Å². The van der Waals surface area contributed by atoms with E-state index in [2.05, 4.69) is 22.4 Å². The number of halogens is 2. The van der Waals surface area contributed by atoms with Crippen LogP contribution in [0.2, 0.25) is 0 Å². The predicted octanol–water partition coefficient (Wildman–Crippen LogP) is 3.26. The Morgan fingerprint density at radius 1 is 1.08 bits per heavy atom. The standard InChI is InChI=1S/C18H19F2N3O/c19-16-7-6-15(11-17(16)20)24-9-8-22-18(21)23-14-5-4-12-2-1-3-13(12)10-14/h4-7,10-11H,1-3,8-9H2,(H3,21,22,23). The fourth-order valence-corrected chi connectivity index (χ4v) is 2.73. The molecule has 0 aromatic heterocycles. The average molecular weight is 331 g/mol. The Morgan fingerprint density at radius 3 is 2.75 bits per heavy atom. The van der Waals surface area contributed by atoms with E-state index >= 15 is 0 Å². The summed E-state index contributed by atoms with van der Waals surface area (Å²) in [5.41, 5.74) is 9.52. The molecule has 2 aromatic carbocycles. The third-order valence-electron chi connectivity index (χ3n) is 3.90. The van der Waals surface area contributed by atoms with Gasteiger partial charge in [-0.2, -0.15) is 0 Å². The van der Waals surface area contributed by atoms with Gasteiger partial charge in [0, 0.05) is 11.8 Å². The number of rotatable bonds is 5. The van der Waals surface area contributed by atoms with Gasteiger partial charge in [-0.1, -0.05) is 6.07 Å². The Morgan fingerprint density at radius 2 is 1.92 bits per heavy atom. The van der Waals surface area contributed by atoms with Crippen LogP contribution in [0.5, 0.6) is 5.75 Å². The highest BCUT2D eigenvalue weighted by atomic mass is 19.2. The Bertz CT molecular complexity index is 762. The SMILES string of the molecule is NC(=NCCOc1ccc(F)c(F)c1)Nc1ccc2c(c1)CCC2. The van der Waals surface area contributed by atoms with Crippen LogP contribution in [0.25, 0.3) is 0 Å². The van der Waals surface area contributed by atoms with Crippen molar-refractivity contribution in [2.24, 2.45) is 10.7 Å². The van der Waals surface area contributed by atoms with Crippen molar-refractivity contribution in [1.82, 2.24) is 0 Å². The molecule has 0 fully saturated rings. The summed E-state index contributed by atoms with van der Waals surface area (Å²) in [7, 11) is 0. The summed E-state index contributed by atoms with van der Waals surface area (Å²) in [5, 5.41) is 3.05. The maximum absolute atomic E-state index is 13.0. The second kappa shape index (κ2) is 7.29. The summed E-state index contributed by atoms with van der Waals surface area (Å²) >= 11 is 0. The lowest BCUT2D eigenvalue weighted by molar-refractivity contribution is 0.325. The van der Waals surface area contributed by atoms with E-state index in [1.165, 1.54) is 23.6 Å². The molecule has 4 nitrogen and oxygen atoms in total. The first-order chi connectivity index (χ1) is 11.6. The second-order valence-corrected chi connectivity index (χ2v) is 5.65. The van der Waals surface area contributed by atoms with Crippen LogP contribution in [-0.2, 0) is 12.8 Å². The lowest BCUT2D eigenvalue weighted by Gasteiger charge is -2.08. The fourth-order valence-electron chi connectivity index (χ4n) is 2.73. The van der Waals surface area contributed by atoms with Gasteiger partial charge in [0.1, 0.15) is 12.4 Å². The Labute approximate surface area is 139 Å². The molecule has 0 heterocycles. The molecule has 0 amide bonds. The molecular weight excluding hydrogens is 312 g/mol. The molecule has 0 unspecified atom stereocenters. The van der Waals surface area contributed by atoms with Crippen LogP contribution in [0.3, 0.4) is 0 Å². The molecule has 3 N–H and O–H groups in total. The van der Waals surface area contributed by atoms with E-state index in [1.807, 2.05) is 6.07 Å². The molecule has 126 valence electrons. The highest BCUT2D eigenvalue weighted by molar-refractivity contribution is 5.92. The zero-order valence-electron chi connectivity index (χ0n) is 13.2. The second-order valence-electron chi connectivity index (χ2n) is 5.65. The third kappa shape index (κ3) is 4.01. The smallest absolute Gasteiger partial charge is 0.193 e. The van der Waals surface area contributed by atoms with Gasteiger partial charge in [0.15, 0.2) is 17.6 Å². The minimum Gasteiger partial charge on any atom is -0.492 e. The molecule has 1 aliphatic rings. The molecule has 0 radical (unpaired) electrons. The molecule has 6 heteroatoms. The minimum atomic E-state index is -0.936. The molecule has 24 heavy (non-hydrogen) atoms. The van der Waals surface area contributed by atoms with Crippen LogP contribution in [0.1, 0.15) is 17.5 Å². The lowest BCUT2D eigenvalue weighted by atomic mass is 10.1. The van der Waals surface area contributed by atoms with Crippen molar-refractivity contribution in [3.8, 4) is 5.75 Å². The number of ether oxygens (including phenoxy) is 1. The maximum Gasteiger partial charge on any atom is 0.193 e. The molecule has 0 bridgehead atoms. The number of fused-ring (bicyclic) bond motifs is 1. The number of nitrogens with zero attached hydrogens (tertiary/aromatic N) is 1. The number of aryl methyl sites for hydroxylation is 2. The lowest BCUT2D eigenvalue weighted by Crippen LogP contribution is -2.23. The molecule has 1 aliphatic carbocycles. The topological polar surface area (TPSA) is 59.6 Å². The highest BCUT2D eigenvalue weighted by Crippen LogP contribution is 2.24. The van der Waals surface area contributed by atoms with Gasteiger partial charge in [0.25, 0.3) is 0 Å². The predicted molar refractivity (Wildman–Crippen MR) is 90.4 cm³/mol. The van der Waals surface area contributed by atoms with Crippen LogP contribution >= 0.6 is 0 Å². The van der Waals surface area contributed by atoms with E-state index < -0.39 is 11.6 Å². The van der Waals surface area contributed by atoms with Gasteiger partial charge >= 0.3 is 0 Å². The number of guanidine groups is 1. The van der Waals surface area contributed by atoms with Gasteiger partial charge in [-0.3, -0.25) is 0 Å². The summed E-state index contributed by atoms with van der Waals surface area (Å²) in [4.78, 5) is 4.16. The van der Waals surface area contributed by atoms with Gasteiger partial charge in [-0.05, 0) is 54.7 Å². The van der Waals surface area contributed by atoms with Gasteiger partial charge in [-0.25, -0.2) is 13.8 Å². The maximum atomic E-state index is 13.0. The largest absolute Gasteiger partial charge is 0.492 e.